The normalized spacial score (nSPS) is 10.6. The standard InChI is InChI=1S/C11H10BrFO2/c1-15-11(14)4-2-3-8-5-9(12)7-10(13)6-8/h2-3,5-7H,4H2,1H3. The first-order valence-corrected chi connectivity index (χ1v) is 5.10. The molecule has 0 amide bonds. The lowest BCUT2D eigenvalue weighted by Crippen LogP contribution is -1.96. The summed E-state index contributed by atoms with van der Waals surface area (Å²) in [7, 11) is 1.33. The maximum atomic E-state index is 12.9. The highest BCUT2D eigenvalue weighted by molar-refractivity contribution is 9.10. The van der Waals surface area contributed by atoms with Crippen molar-refractivity contribution in [1.29, 1.82) is 0 Å². The molecule has 80 valence electrons. The third kappa shape index (κ3) is 4.25. The highest BCUT2D eigenvalue weighted by Crippen LogP contribution is 2.16. The van der Waals surface area contributed by atoms with Crippen LogP contribution >= 0.6 is 15.9 Å². The highest BCUT2D eigenvalue weighted by Gasteiger charge is 1.97. The van der Waals surface area contributed by atoms with Crippen molar-refractivity contribution in [2.75, 3.05) is 7.11 Å². The Hall–Kier alpha value is -1.16. The molecule has 1 aromatic rings. The van der Waals surface area contributed by atoms with Gasteiger partial charge >= 0.3 is 5.97 Å². The maximum absolute atomic E-state index is 12.9. The topological polar surface area (TPSA) is 26.3 Å². The van der Waals surface area contributed by atoms with Crippen LogP contribution < -0.4 is 0 Å². The van der Waals surface area contributed by atoms with Gasteiger partial charge in [-0.2, -0.15) is 0 Å². The number of carbonyl (C=O) groups excluding carboxylic acids is 1. The van der Waals surface area contributed by atoms with E-state index in [4.69, 9.17) is 0 Å². The van der Waals surface area contributed by atoms with Crippen LogP contribution in [0.3, 0.4) is 0 Å². The lowest BCUT2D eigenvalue weighted by atomic mass is 10.2. The van der Waals surface area contributed by atoms with Crippen LogP contribution in [0.25, 0.3) is 6.08 Å². The molecule has 2 nitrogen and oxygen atoms in total. The second-order valence-corrected chi connectivity index (χ2v) is 3.80. The van der Waals surface area contributed by atoms with Crippen molar-refractivity contribution in [3.05, 3.63) is 40.1 Å². The number of carbonyl (C=O) groups is 1. The zero-order valence-corrected chi connectivity index (χ0v) is 9.75. The third-order valence-corrected chi connectivity index (χ3v) is 2.17. The summed E-state index contributed by atoms with van der Waals surface area (Å²) in [6.07, 6.45) is 3.49. The lowest BCUT2D eigenvalue weighted by molar-refractivity contribution is -0.139. The monoisotopic (exact) mass is 272 g/mol. The number of halogens is 2. The van der Waals surface area contributed by atoms with Crippen LogP contribution in [0.1, 0.15) is 12.0 Å². The van der Waals surface area contributed by atoms with Gasteiger partial charge in [0.25, 0.3) is 0 Å². The molecule has 4 heteroatoms. The summed E-state index contributed by atoms with van der Waals surface area (Å²) in [6, 6.07) is 4.52. The zero-order valence-electron chi connectivity index (χ0n) is 8.17. The van der Waals surface area contributed by atoms with Crippen molar-refractivity contribution >= 4 is 28.0 Å². The molecule has 0 bridgehead atoms. The minimum atomic E-state index is -0.318. The fourth-order valence-corrected chi connectivity index (χ4v) is 1.53. The van der Waals surface area contributed by atoms with E-state index in [0.29, 0.717) is 10.0 Å². The van der Waals surface area contributed by atoms with Gasteiger partial charge in [-0.25, -0.2) is 4.39 Å². The summed E-state index contributed by atoms with van der Waals surface area (Å²) in [4.78, 5) is 10.8. The third-order valence-electron chi connectivity index (χ3n) is 1.71. The van der Waals surface area contributed by atoms with Gasteiger partial charge < -0.3 is 4.74 Å². The summed E-state index contributed by atoms with van der Waals surface area (Å²) in [5, 5.41) is 0. The average molecular weight is 273 g/mol. The van der Waals surface area contributed by atoms with Crippen molar-refractivity contribution in [3.63, 3.8) is 0 Å². The van der Waals surface area contributed by atoms with E-state index in [-0.39, 0.29) is 18.2 Å². The molecule has 0 heterocycles. The van der Waals surface area contributed by atoms with E-state index in [1.807, 2.05) is 0 Å². The Balaban J connectivity index is 2.68. The second-order valence-electron chi connectivity index (χ2n) is 2.89. The molecule has 0 saturated carbocycles. The number of hydrogen-bond acceptors (Lipinski definition) is 2. The summed E-state index contributed by atoms with van der Waals surface area (Å²) in [5.41, 5.74) is 0.700. The average Bonchev–Trinajstić information content (AvgIpc) is 2.16. The molecule has 15 heavy (non-hydrogen) atoms. The molecular weight excluding hydrogens is 263 g/mol. The van der Waals surface area contributed by atoms with E-state index in [1.165, 1.54) is 19.2 Å². The number of rotatable bonds is 3. The van der Waals surface area contributed by atoms with Crippen LogP contribution in [0.2, 0.25) is 0 Å². The molecule has 0 saturated heterocycles. The van der Waals surface area contributed by atoms with Gasteiger partial charge in [0.05, 0.1) is 13.5 Å². The van der Waals surface area contributed by atoms with Gasteiger partial charge in [0, 0.05) is 4.47 Å². The van der Waals surface area contributed by atoms with Crippen LogP contribution in [-0.2, 0) is 9.53 Å². The van der Waals surface area contributed by atoms with E-state index in [9.17, 15) is 9.18 Å². The van der Waals surface area contributed by atoms with E-state index < -0.39 is 0 Å². The van der Waals surface area contributed by atoms with Crippen molar-refractivity contribution in [1.82, 2.24) is 0 Å². The van der Waals surface area contributed by atoms with E-state index in [2.05, 4.69) is 20.7 Å². The first kappa shape index (κ1) is 11.9. The Kier molecular flexibility index (Phi) is 4.49. The van der Waals surface area contributed by atoms with Gasteiger partial charge in [-0.05, 0) is 23.8 Å². The van der Waals surface area contributed by atoms with Crippen LogP contribution in [0.5, 0.6) is 0 Å². The summed E-state index contributed by atoms with van der Waals surface area (Å²) >= 11 is 3.18. The first-order chi connectivity index (χ1) is 7.11. The van der Waals surface area contributed by atoms with Gasteiger partial charge in [0.1, 0.15) is 5.82 Å². The Morgan fingerprint density at radius 3 is 2.87 bits per heavy atom. The number of benzene rings is 1. The van der Waals surface area contributed by atoms with Gasteiger partial charge in [-0.15, -0.1) is 0 Å². The smallest absolute Gasteiger partial charge is 0.309 e. The van der Waals surface area contributed by atoms with Crippen LogP contribution in [-0.4, -0.2) is 13.1 Å². The zero-order chi connectivity index (χ0) is 11.3. The predicted octanol–water partition coefficient (Wildman–Crippen LogP) is 3.16. The molecular formula is C11H10BrFO2. The highest BCUT2D eigenvalue weighted by atomic mass is 79.9. The van der Waals surface area contributed by atoms with Gasteiger partial charge in [-0.1, -0.05) is 28.1 Å². The fourth-order valence-electron chi connectivity index (χ4n) is 1.05. The molecule has 0 atom stereocenters. The van der Waals surface area contributed by atoms with Crippen molar-refractivity contribution < 1.29 is 13.9 Å². The van der Waals surface area contributed by atoms with E-state index >= 15 is 0 Å². The van der Waals surface area contributed by atoms with Crippen molar-refractivity contribution in [2.45, 2.75) is 6.42 Å². The van der Waals surface area contributed by atoms with Crippen LogP contribution in [0.4, 0.5) is 4.39 Å². The molecule has 0 aromatic heterocycles. The molecule has 0 aliphatic heterocycles. The molecule has 0 unspecified atom stereocenters. The predicted molar refractivity (Wildman–Crippen MR) is 59.8 cm³/mol. The molecule has 0 radical (unpaired) electrons. The van der Waals surface area contributed by atoms with Crippen molar-refractivity contribution in [2.24, 2.45) is 0 Å². The molecule has 0 aliphatic carbocycles. The molecule has 0 fully saturated rings. The number of methoxy groups -OCH3 is 1. The SMILES string of the molecule is COC(=O)CC=Cc1cc(F)cc(Br)c1. The Morgan fingerprint density at radius 2 is 2.27 bits per heavy atom. The minimum absolute atomic E-state index is 0.185. The number of ether oxygens (including phenoxy) is 1. The van der Waals surface area contributed by atoms with E-state index in [0.717, 1.165) is 0 Å². The Labute approximate surface area is 95.9 Å². The summed E-state index contributed by atoms with van der Waals surface area (Å²) < 4.78 is 18.1. The van der Waals surface area contributed by atoms with Crippen LogP contribution in [0, 0.1) is 5.82 Å². The van der Waals surface area contributed by atoms with Crippen molar-refractivity contribution in [3.8, 4) is 0 Å². The number of hydrogen-bond donors (Lipinski definition) is 0. The van der Waals surface area contributed by atoms with E-state index in [1.54, 1.807) is 18.2 Å². The van der Waals surface area contributed by atoms with Gasteiger partial charge in [-0.3, -0.25) is 4.79 Å². The molecule has 0 spiro atoms. The van der Waals surface area contributed by atoms with Gasteiger partial charge in [0.2, 0.25) is 0 Å². The summed E-state index contributed by atoms with van der Waals surface area (Å²) in [5.74, 6) is -0.635. The minimum Gasteiger partial charge on any atom is -0.469 e. The molecule has 1 rings (SSSR count). The largest absolute Gasteiger partial charge is 0.469 e. The Bertz CT molecular complexity index is 368. The lowest BCUT2D eigenvalue weighted by Gasteiger charge is -1.96. The van der Waals surface area contributed by atoms with Gasteiger partial charge in [0.15, 0.2) is 0 Å². The number of esters is 1. The first-order valence-electron chi connectivity index (χ1n) is 4.31. The quantitative estimate of drug-likeness (QED) is 0.791. The molecule has 0 aliphatic rings. The maximum Gasteiger partial charge on any atom is 0.309 e. The Morgan fingerprint density at radius 1 is 1.53 bits per heavy atom. The molecule has 0 N–H and O–H groups in total. The fraction of sp³-hybridized carbons (Fsp3) is 0.182. The second kappa shape index (κ2) is 5.66. The summed E-state index contributed by atoms with van der Waals surface area (Å²) in [6.45, 7) is 0. The van der Waals surface area contributed by atoms with Crippen LogP contribution in [0.15, 0.2) is 28.7 Å². The molecule has 1 aromatic carbocycles.